The van der Waals surface area contributed by atoms with E-state index in [2.05, 4.69) is 30.3 Å². The predicted molar refractivity (Wildman–Crippen MR) is 107 cm³/mol. The smallest absolute Gasteiger partial charge is 0.387 e. The van der Waals surface area contributed by atoms with Gasteiger partial charge in [-0.15, -0.1) is 0 Å². The number of nitrogens with zero attached hydrogens (tertiary/aromatic N) is 4. The number of alkyl halides is 2. The van der Waals surface area contributed by atoms with Gasteiger partial charge < -0.3 is 15.4 Å². The summed E-state index contributed by atoms with van der Waals surface area (Å²) >= 11 is 0. The van der Waals surface area contributed by atoms with Crippen LogP contribution in [0.4, 0.5) is 20.5 Å². The molecule has 0 bridgehead atoms. The Kier molecular flexibility index (Phi) is 5.11. The van der Waals surface area contributed by atoms with Gasteiger partial charge in [0.2, 0.25) is 5.95 Å². The van der Waals surface area contributed by atoms with Gasteiger partial charge in [0.1, 0.15) is 5.82 Å². The minimum absolute atomic E-state index is 0.0182. The number of nitrogens with one attached hydrogen (secondary N) is 2. The quantitative estimate of drug-likeness (QED) is 0.611. The molecule has 3 aromatic rings. The molecule has 0 radical (unpaired) electrons. The van der Waals surface area contributed by atoms with Gasteiger partial charge in [0, 0.05) is 24.3 Å². The van der Waals surface area contributed by atoms with Crippen LogP contribution < -0.4 is 20.9 Å². The van der Waals surface area contributed by atoms with E-state index in [1.54, 1.807) is 30.6 Å². The van der Waals surface area contributed by atoms with Crippen LogP contribution in [0.3, 0.4) is 0 Å². The fourth-order valence-corrected chi connectivity index (χ4v) is 3.35. The van der Waals surface area contributed by atoms with Gasteiger partial charge in [-0.05, 0) is 37.5 Å². The molecule has 0 aromatic carbocycles. The lowest BCUT2D eigenvalue weighted by atomic mass is 10.2. The summed E-state index contributed by atoms with van der Waals surface area (Å²) in [5.74, 6) is 0.0573. The van der Waals surface area contributed by atoms with E-state index in [1.165, 1.54) is 10.6 Å². The van der Waals surface area contributed by atoms with Gasteiger partial charge in [0.05, 0.1) is 27.0 Å². The van der Waals surface area contributed by atoms with E-state index in [0.29, 0.717) is 17.9 Å². The molecular weight excluding hydrogens is 394 g/mol. The van der Waals surface area contributed by atoms with Crippen molar-refractivity contribution in [2.45, 2.75) is 38.0 Å². The van der Waals surface area contributed by atoms with Crippen LogP contribution in [-0.4, -0.2) is 38.2 Å². The van der Waals surface area contributed by atoms with Crippen LogP contribution in [-0.2, 0) is 0 Å². The molecule has 0 saturated heterocycles. The highest BCUT2D eigenvalue weighted by atomic mass is 19.3. The first-order valence-corrected chi connectivity index (χ1v) is 9.36. The normalized spacial score (nSPS) is 19.3. The standard InChI is InChI=1S/C20H20F2N6O2/c21-19(22)30-16-11-24-20(25-12-16)27-14-5-4-13(9-14)26-17-7-6-15(10-23-17)28-8-2-1-3-18(28)29/h1-3,6-8,10-14,19H,4-5,9H2,(H,23,26)(H,24,25,27)/t13-,14-/m0/s1/i11D,12D. The molecule has 0 amide bonds. The number of hydrogen-bond acceptors (Lipinski definition) is 7. The zero-order chi connectivity index (χ0) is 22.7. The highest BCUT2D eigenvalue weighted by molar-refractivity contribution is 5.42. The molecule has 1 fully saturated rings. The molecular formula is C20H20F2N6O2. The van der Waals surface area contributed by atoms with Crippen LogP contribution in [0.5, 0.6) is 5.75 Å². The molecule has 0 spiro atoms. The topological polar surface area (TPSA) is 94.0 Å². The molecule has 3 heterocycles. The fourth-order valence-electron chi connectivity index (χ4n) is 3.35. The van der Waals surface area contributed by atoms with E-state index >= 15 is 0 Å². The monoisotopic (exact) mass is 416 g/mol. The van der Waals surface area contributed by atoms with Gasteiger partial charge in [0.25, 0.3) is 5.56 Å². The van der Waals surface area contributed by atoms with E-state index in [1.807, 2.05) is 6.07 Å². The van der Waals surface area contributed by atoms with E-state index in [-0.39, 0.29) is 23.6 Å². The van der Waals surface area contributed by atoms with Crippen LogP contribution in [0.2, 0.25) is 0 Å². The Morgan fingerprint density at radius 1 is 1.10 bits per heavy atom. The van der Waals surface area contributed by atoms with Crippen LogP contribution in [0, 0.1) is 0 Å². The van der Waals surface area contributed by atoms with Gasteiger partial charge in [-0.2, -0.15) is 8.78 Å². The molecule has 2 N–H and O–H groups in total. The van der Waals surface area contributed by atoms with Gasteiger partial charge in [-0.25, -0.2) is 15.0 Å². The summed E-state index contributed by atoms with van der Waals surface area (Å²) in [6.45, 7) is -3.15. The van der Waals surface area contributed by atoms with Gasteiger partial charge in [-0.3, -0.25) is 9.36 Å². The Hall–Kier alpha value is -3.56. The second-order valence-corrected chi connectivity index (χ2v) is 6.78. The molecule has 8 nitrogen and oxygen atoms in total. The minimum Gasteiger partial charge on any atom is -0.432 e. The first-order chi connectivity index (χ1) is 15.4. The molecule has 1 aliphatic carbocycles. The van der Waals surface area contributed by atoms with Crippen LogP contribution in [0.15, 0.2) is 59.9 Å². The average molecular weight is 416 g/mol. The Bertz CT molecular complexity index is 1120. The number of aromatic nitrogens is 4. The van der Waals surface area contributed by atoms with Crippen molar-refractivity contribution in [1.29, 1.82) is 0 Å². The van der Waals surface area contributed by atoms with Gasteiger partial charge >= 0.3 is 6.61 Å². The summed E-state index contributed by atoms with van der Waals surface area (Å²) in [5.41, 5.74) is 0.531. The van der Waals surface area contributed by atoms with E-state index in [4.69, 9.17) is 2.74 Å². The third kappa shape index (κ3) is 4.88. The van der Waals surface area contributed by atoms with Crippen molar-refractivity contribution in [2.24, 2.45) is 0 Å². The van der Waals surface area contributed by atoms with Crippen molar-refractivity contribution in [3.05, 3.63) is 65.4 Å². The minimum atomic E-state index is -3.15. The molecule has 10 heteroatoms. The van der Waals surface area contributed by atoms with E-state index in [9.17, 15) is 13.6 Å². The van der Waals surface area contributed by atoms with Crippen molar-refractivity contribution >= 4 is 11.8 Å². The number of pyridine rings is 2. The number of anilines is 2. The zero-order valence-corrected chi connectivity index (χ0v) is 15.8. The van der Waals surface area contributed by atoms with Crippen molar-refractivity contribution in [2.75, 3.05) is 10.6 Å². The second-order valence-electron chi connectivity index (χ2n) is 6.78. The zero-order valence-electron chi connectivity index (χ0n) is 17.8. The lowest BCUT2D eigenvalue weighted by molar-refractivity contribution is -0.0503. The maximum absolute atomic E-state index is 12.4. The molecule has 2 atom stereocenters. The van der Waals surface area contributed by atoms with Crippen molar-refractivity contribution in [3.8, 4) is 11.4 Å². The molecule has 3 aromatic heterocycles. The third-order valence-corrected chi connectivity index (χ3v) is 4.70. The molecule has 1 saturated carbocycles. The number of halogens is 2. The fraction of sp³-hybridized carbons (Fsp3) is 0.300. The first kappa shape index (κ1) is 17.3. The predicted octanol–water partition coefficient (Wildman–Crippen LogP) is 3.07. The van der Waals surface area contributed by atoms with Crippen LogP contribution in [0.25, 0.3) is 5.69 Å². The van der Waals surface area contributed by atoms with Gasteiger partial charge in [0.15, 0.2) is 5.75 Å². The Morgan fingerprint density at radius 3 is 2.53 bits per heavy atom. The van der Waals surface area contributed by atoms with E-state index in [0.717, 1.165) is 12.8 Å². The lowest BCUT2D eigenvalue weighted by Crippen LogP contribution is -2.22. The Morgan fingerprint density at radius 2 is 1.87 bits per heavy atom. The average Bonchev–Trinajstić information content (AvgIpc) is 3.18. The number of rotatable bonds is 7. The van der Waals surface area contributed by atoms with E-state index < -0.39 is 24.7 Å². The molecule has 0 aliphatic heterocycles. The van der Waals surface area contributed by atoms with Crippen molar-refractivity contribution < 1.29 is 16.3 Å². The summed E-state index contributed by atoms with van der Waals surface area (Å²) in [6, 6.07) is 8.65. The molecule has 30 heavy (non-hydrogen) atoms. The number of hydrogen-bond donors (Lipinski definition) is 2. The second kappa shape index (κ2) is 8.85. The Labute approximate surface area is 173 Å². The maximum atomic E-state index is 12.4. The third-order valence-electron chi connectivity index (χ3n) is 4.70. The molecule has 156 valence electrons. The Balaban J connectivity index is 1.35. The molecule has 4 rings (SSSR count). The maximum Gasteiger partial charge on any atom is 0.387 e. The summed E-state index contributed by atoms with van der Waals surface area (Å²) in [6.07, 6.45) is 4.50. The SMILES string of the molecule is [2H]c1nc(N[C@H]2CC[C@H](Nc3ccc(-n4ccccc4=O)cn3)C2)nc([2H])c1OC(F)F. The largest absolute Gasteiger partial charge is 0.432 e. The van der Waals surface area contributed by atoms with Crippen molar-refractivity contribution in [1.82, 2.24) is 19.5 Å². The summed E-state index contributed by atoms with van der Waals surface area (Å²) in [5, 5.41) is 6.40. The summed E-state index contributed by atoms with van der Waals surface area (Å²) in [4.78, 5) is 23.9. The highest BCUT2D eigenvalue weighted by Gasteiger charge is 2.25. The number of ether oxygens (including phenoxy) is 1. The highest BCUT2D eigenvalue weighted by Crippen LogP contribution is 2.25. The van der Waals surface area contributed by atoms with Crippen LogP contribution in [0.1, 0.15) is 22.0 Å². The lowest BCUT2D eigenvalue weighted by Gasteiger charge is -2.15. The molecule has 1 aliphatic rings. The molecule has 0 unspecified atom stereocenters. The first-order valence-electron chi connectivity index (χ1n) is 10.4. The van der Waals surface area contributed by atoms with Gasteiger partial charge in [-0.1, -0.05) is 6.07 Å². The summed E-state index contributed by atoms with van der Waals surface area (Å²) < 4.78 is 45.8. The van der Waals surface area contributed by atoms with Crippen LogP contribution >= 0.6 is 0 Å². The van der Waals surface area contributed by atoms with Crippen molar-refractivity contribution in [3.63, 3.8) is 0 Å². The summed E-state index contributed by atoms with van der Waals surface area (Å²) in [7, 11) is 0.